The van der Waals surface area contributed by atoms with Crippen molar-refractivity contribution in [2.45, 2.75) is 38.3 Å². The van der Waals surface area contributed by atoms with Gasteiger partial charge in [-0.2, -0.15) is 0 Å². The van der Waals surface area contributed by atoms with Crippen molar-refractivity contribution in [3.8, 4) is 17.1 Å². The largest absolute Gasteiger partial charge is 0.497 e. The zero-order chi connectivity index (χ0) is 21.8. The molecule has 160 valence electrons. The lowest BCUT2D eigenvalue weighted by molar-refractivity contribution is -0.132. The third-order valence-electron chi connectivity index (χ3n) is 5.52. The molecule has 0 atom stereocenters. The van der Waals surface area contributed by atoms with Crippen molar-refractivity contribution in [2.24, 2.45) is 5.73 Å². The Morgan fingerprint density at radius 2 is 1.74 bits per heavy atom. The van der Waals surface area contributed by atoms with Gasteiger partial charge in [0, 0.05) is 36.6 Å². The summed E-state index contributed by atoms with van der Waals surface area (Å²) in [6, 6.07) is 19.0. The summed E-state index contributed by atoms with van der Waals surface area (Å²) in [5, 5.41) is 0. The smallest absolute Gasteiger partial charge is 0.248 e. The van der Waals surface area contributed by atoms with Crippen LogP contribution in [-0.4, -0.2) is 29.9 Å². The number of furan rings is 1. The summed E-state index contributed by atoms with van der Waals surface area (Å²) in [5.41, 5.74) is 7.73. The van der Waals surface area contributed by atoms with Gasteiger partial charge in [0.2, 0.25) is 11.8 Å². The van der Waals surface area contributed by atoms with Gasteiger partial charge in [-0.15, -0.1) is 0 Å². The molecule has 0 spiro atoms. The van der Waals surface area contributed by atoms with E-state index in [-0.39, 0.29) is 5.91 Å². The van der Waals surface area contributed by atoms with Crippen molar-refractivity contribution in [3.63, 3.8) is 0 Å². The molecule has 0 bridgehead atoms. The van der Waals surface area contributed by atoms with Gasteiger partial charge >= 0.3 is 0 Å². The van der Waals surface area contributed by atoms with E-state index in [0.717, 1.165) is 41.2 Å². The number of methoxy groups -OCH3 is 1. The van der Waals surface area contributed by atoms with E-state index in [1.54, 1.807) is 19.2 Å². The molecular formula is C25H26N2O4. The molecule has 6 nitrogen and oxygen atoms in total. The van der Waals surface area contributed by atoms with E-state index in [9.17, 15) is 9.59 Å². The maximum Gasteiger partial charge on any atom is 0.248 e. The number of ether oxygens (including phenoxy) is 1. The van der Waals surface area contributed by atoms with Crippen molar-refractivity contribution in [1.29, 1.82) is 0 Å². The third kappa shape index (κ3) is 5.15. The number of amides is 2. The fraction of sp³-hybridized carbons (Fsp3) is 0.280. The molecule has 0 saturated heterocycles. The molecule has 1 saturated carbocycles. The van der Waals surface area contributed by atoms with E-state index in [2.05, 4.69) is 0 Å². The maximum absolute atomic E-state index is 12.9. The average Bonchev–Trinajstić information content (AvgIpc) is 3.53. The minimum absolute atomic E-state index is 0.115. The van der Waals surface area contributed by atoms with Gasteiger partial charge in [0.25, 0.3) is 0 Å². The Morgan fingerprint density at radius 1 is 1.03 bits per heavy atom. The van der Waals surface area contributed by atoms with Crippen LogP contribution in [0.3, 0.4) is 0 Å². The van der Waals surface area contributed by atoms with Gasteiger partial charge < -0.3 is 19.8 Å². The van der Waals surface area contributed by atoms with E-state index in [1.807, 2.05) is 53.4 Å². The Labute approximate surface area is 181 Å². The molecule has 31 heavy (non-hydrogen) atoms. The maximum atomic E-state index is 12.9. The highest BCUT2D eigenvalue weighted by molar-refractivity contribution is 5.92. The van der Waals surface area contributed by atoms with E-state index >= 15 is 0 Å². The van der Waals surface area contributed by atoms with Gasteiger partial charge in [-0.1, -0.05) is 12.1 Å². The molecule has 3 aromatic rings. The summed E-state index contributed by atoms with van der Waals surface area (Å²) < 4.78 is 11.1. The highest BCUT2D eigenvalue weighted by atomic mass is 16.5. The molecule has 1 aliphatic rings. The van der Waals surface area contributed by atoms with Crippen molar-refractivity contribution < 1.29 is 18.7 Å². The summed E-state index contributed by atoms with van der Waals surface area (Å²) in [6.45, 7) is 0.539. The van der Waals surface area contributed by atoms with Crippen LogP contribution in [0.1, 0.15) is 40.9 Å². The molecular weight excluding hydrogens is 392 g/mol. The van der Waals surface area contributed by atoms with E-state index in [0.29, 0.717) is 31.0 Å². The summed E-state index contributed by atoms with van der Waals surface area (Å²) in [5.74, 6) is 2.03. The first-order chi connectivity index (χ1) is 15.0. The number of aryl methyl sites for hydroxylation is 1. The van der Waals surface area contributed by atoms with Gasteiger partial charge in [-0.05, 0) is 66.9 Å². The standard InChI is InChI=1S/C25H26N2O4/c1-30-21-10-6-18(7-11-21)23-14-12-22(31-23)13-15-24(28)27(20-8-9-20)16-17-2-4-19(5-3-17)25(26)29/h2-7,10-12,14,20H,8-9,13,15-16H2,1H3,(H2,26,29). The second-order valence-electron chi connectivity index (χ2n) is 7.81. The molecule has 1 fully saturated rings. The van der Waals surface area contributed by atoms with Gasteiger partial charge in [0.15, 0.2) is 0 Å². The molecule has 0 unspecified atom stereocenters. The van der Waals surface area contributed by atoms with Crippen LogP contribution in [0.25, 0.3) is 11.3 Å². The van der Waals surface area contributed by atoms with Gasteiger partial charge in [-0.3, -0.25) is 9.59 Å². The van der Waals surface area contributed by atoms with Gasteiger partial charge in [0.1, 0.15) is 17.3 Å². The lowest BCUT2D eigenvalue weighted by Gasteiger charge is -2.22. The minimum Gasteiger partial charge on any atom is -0.497 e. The second kappa shape index (κ2) is 9.08. The van der Waals surface area contributed by atoms with E-state index in [1.165, 1.54) is 0 Å². The van der Waals surface area contributed by atoms with Crippen molar-refractivity contribution in [2.75, 3.05) is 7.11 Å². The lowest BCUT2D eigenvalue weighted by atomic mass is 10.1. The summed E-state index contributed by atoms with van der Waals surface area (Å²) in [7, 11) is 1.64. The second-order valence-corrected chi connectivity index (χ2v) is 7.81. The number of rotatable bonds is 9. The van der Waals surface area contributed by atoms with Gasteiger partial charge in [0.05, 0.1) is 7.11 Å². The number of carbonyl (C=O) groups is 2. The molecule has 2 amide bonds. The molecule has 6 heteroatoms. The van der Waals surface area contributed by atoms with E-state index in [4.69, 9.17) is 14.9 Å². The van der Waals surface area contributed by atoms with Crippen molar-refractivity contribution >= 4 is 11.8 Å². The van der Waals surface area contributed by atoms with E-state index < -0.39 is 5.91 Å². The molecule has 2 N–H and O–H groups in total. The number of hydrogen-bond donors (Lipinski definition) is 1. The fourth-order valence-electron chi connectivity index (χ4n) is 3.57. The number of nitrogens with zero attached hydrogens (tertiary/aromatic N) is 1. The van der Waals surface area contributed by atoms with Crippen molar-refractivity contribution in [3.05, 3.63) is 77.6 Å². The Bertz CT molecular complexity index is 1050. The third-order valence-corrected chi connectivity index (χ3v) is 5.52. The molecule has 1 aliphatic carbocycles. The van der Waals surface area contributed by atoms with Crippen LogP contribution < -0.4 is 10.5 Å². The van der Waals surface area contributed by atoms with Crippen LogP contribution in [0.15, 0.2) is 65.1 Å². The molecule has 0 radical (unpaired) electrons. The zero-order valence-corrected chi connectivity index (χ0v) is 17.5. The zero-order valence-electron chi connectivity index (χ0n) is 17.5. The topological polar surface area (TPSA) is 85.8 Å². The highest BCUT2D eigenvalue weighted by Crippen LogP contribution is 2.30. The summed E-state index contributed by atoms with van der Waals surface area (Å²) >= 11 is 0. The fourth-order valence-corrected chi connectivity index (χ4v) is 3.57. The normalized spacial score (nSPS) is 13.1. The molecule has 1 heterocycles. The van der Waals surface area contributed by atoms with Gasteiger partial charge in [-0.25, -0.2) is 0 Å². The summed E-state index contributed by atoms with van der Waals surface area (Å²) in [6.07, 6.45) is 3.02. The first-order valence-corrected chi connectivity index (χ1v) is 10.4. The van der Waals surface area contributed by atoms with Crippen LogP contribution in [0.4, 0.5) is 0 Å². The van der Waals surface area contributed by atoms with Crippen LogP contribution in [0.2, 0.25) is 0 Å². The SMILES string of the molecule is COc1ccc(-c2ccc(CCC(=O)N(Cc3ccc(C(N)=O)cc3)C3CC3)o2)cc1. The number of nitrogens with two attached hydrogens (primary N) is 1. The number of hydrogen-bond acceptors (Lipinski definition) is 4. The molecule has 4 rings (SSSR count). The molecule has 0 aliphatic heterocycles. The quantitative estimate of drug-likeness (QED) is 0.565. The van der Waals surface area contributed by atoms with Crippen LogP contribution in [-0.2, 0) is 17.8 Å². The van der Waals surface area contributed by atoms with Crippen molar-refractivity contribution in [1.82, 2.24) is 4.90 Å². The first kappa shape index (κ1) is 20.7. The number of carbonyl (C=O) groups excluding carboxylic acids is 2. The Kier molecular flexibility index (Phi) is 6.07. The number of benzene rings is 2. The lowest BCUT2D eigenvalue weighted by Crippen LogP contribution is -2.32. The highest BCUT2D eigenvalue weighted by Gasteiger charge is 2.32. The average molecular weight is 418 g/mol. The first-order valence-electron chi connectivity index (χ1n) is 10.4. The van der Waals surface area contributed by atoms with Crippen LogP contribution in [0, 0.1) is 0 Å². The number of primary amides is 1. The predicted octanol–water partition coefficient (Wildman–Crippen LogP) is 4.18. The monoisotopic (exact) mass is 418 g/mol. The minimum atomic E-state index is -0.450. The summed E-state index contributed by atoms with van der Waals surface area (Å²) in [4.78, 5) is 26.1. The van der Waals surface area contributed by atoms with Crippen LogP contribution >= 0.6 is 0 Å². The predicted molar refractivity (Wildman–Crippen MR) is 118 cm³/mol. The van der Waals surface area contributed by atoms with Crippen LogP contribution in [0.5, 0.6) is 5.75 Å². The Hall–Kier alpha value is -3.54. The Morgan fingerprint density at radius 3 is 2.35 bits per heavy atom. The molecule has 1 aromatic heterocycles. The molecule has 2 aromatic carbocycles. The Balaban J connectivity index is 1.36.